The number of carbonyl (C=O) groups is 1. The molecule has 0 unspecified atom stereocenters. The molecule has 1 amide bonds. The van der Waals surface area contributed by atoms with Crippen molar-refractivity contribution in [1.29, 1.82) is 0 Å². The minimum atomic E-state index is -4.96. The summed E-state index contributed by atoms with van der Waals surface area (Å²) in [5.74, 6) is -4.30. The fourth-order valence-electron chi connectivity index (χ4n) is 4.61. The predicted octanol–water partition coefficient (Wildman–Crippen LogP) is 5.34. The summed E-state index contributed by atoms with van der Waals surface area (Å²) in [7, 11) is -4.39. The number of sulfonamides is 1. The number of nitrogens with one attached hydrogen (secondary N) is 1. The lowest BCUT2D eigenvalue weighted by Crippen LogP contribution is -2.60. The summed E-state index contributed by atoms with van der Waals surface area (Å²) < 4.78 is 98.7. The lowest BCUT2D eigenvalue weighted by Gasteiger charge is -2.39. The first-order chi connectivity index (χ1) is 21.2. The van der Waals surface area contributed by atoms with Crippen molar-refractivity contribution in [2.45, 2.75) is 43.1 Å². The molecule has 0 bridgehead atoms. The fraction of sp³-hybridized carbons (Fsp3) is 0.333. The Hall–Kier alpha value is -3.67. The van der Waals surface area contributed by atoms with E-state index in [9.17, 15) is 35.2 Å². The summed E-state index contributed by atoms with van der Waals surface area (Å²) in [6, 6.07) is 7.76. The quantitative estimate of drug-likeness (QED) is 0.185. The minimum Gasteiger partial charge on any atom is -0.406 e. The first-order valence-electron chi connectivity index (χ1n) is 13.3. The summed E-state index contributed by atoms with van der Waals surface area (Å²) in [5.41, 5.74) is 0.654. The molecule has 45 heavy (non-hydrogen) atoms. The Bertz CT molecular complexity index is 1790. The van der Waals surface area contributed by atoms with Crippen molar-refractivity contribution >= 4 is 54.3 Å². The zero-order valence-corrected chi connectivity index (χ0v) is 25.7. The highest BCUT2D eigenvalue weighted by molar-refractivity contribution is 7.89. The van der Waals surface area contributed by atoms with Crippen LogP contribution in [0.15, 0.2) is 59.6 Å². The van der Waals surface area contributed by atoms with Crippen molar-refractivity contribution in [2.75, 3.05) is 24.5 Å². The molecule has 18 heteroatoms. The van der Waals surface area contributed by atoms with E-state index in [1.165, 1.54) is 48.7 Å². The molecule has 0 aliphatic carbocycles. The van der Waals surface area contributed by atoms with E-state index in [1.807, 2.05) is 0 Å². The van der Waals surface area contributed by atoms with Crippen LogP contribution >= 0.6 is 22.9 Å². The Kier molecular flexibility index (Phi) is 9.17. The number of anilines is 1. The number of piperazine rings is 1. The summed E-state index contributed by atoms with van der Waals surface area (Å²) >= 11 is 7.09. The van der Waals surface area contributed by atoms with E-state index >= 15 is 0 Å². The lowest BCUT2D eigenvalue weighted by atomic mass is 10.0. The molecule has 10 nitrogen and oxygen atoms in total. The van der Waals surface area contributed by atoms with Gasteiger partial charge in [-0.3, -0.25) is 4.79 Å². The molecule has 1 aliphatic rings. The predicted molar refractivity (Wildman–Crippen MR) is 156 cm³/mol. The number of halogens is 6. The third-order valence-electron chi connectivity index (χ3n) is 6.97. The molecule has 0 radical (unpaired) electrons. The number of fused-ring (bicyclic) bond motifs is 1. The molecule has 1 N–H and O–H groups in total. The molecule has 1 fully saturated rings. The SMILES string of the molecule is CCC(F)(F)c1ccc(CNC(=O)[C@H]2CN(c3nc4nc(Cl)ncc4s3)CCN2S(=O)(=O)c2ccc(OC(F)(F)F)cc2)cc1. The molecule has 240 valence electrons. The maximum Gasteiger partial charge on any atom is 0.573 e. The standard InChI is InChI=1S/C27H24ClF5N6O4S2/c1-2-26(29,30)17-5-3-16(4-6-17)13-34-23(40)20-15-38(25-37-22-21(44-25)14-35-24(28)36-22)11-12-39(20)45(41,42)19-9-7-18(8-10-19)43-27(31,32)33/h3-10,14,20H,2,11-13,15H2,1H3,(H,34,40)/t20-/m1/s1. The van der Waals surface area contributed by atoms with Gasteiger partial charge in [-0.15, -0.1) is 13.2 Å². The largest absolute Gasteiger partial charge is 0.573 e. The molecular weight excluding hydrogens is 667 g/mol. The average Bonchev–Trinajstić information content (AvgIpc) is 3.42. The fourth-order valence-corrected chi connectivity index (χ4v) is 7.22. The highest BCUT2D eigenvalue weighted by Crippen LogP contribution is 2.33. The van der Waals surface area contributed by atoms with E-state index in [4.69, 9.17) is 11.6 Å². The highest BCUT2D eigenvalue weighted by atomic mass is 35.5. The van der Waals surface area contributed by atoms with Crippen molar-refractivity contribution in [3.05, 3.63) is 71.1 Å². The Morgan fingerprint density at radius 2 is 1.76 bits per heavy atom. The number of thiazole rings is 1. The van der Waals surface area contributed by atoms with E-state index in [-0.39, 0.29) is 48.3 Å². The lowest BCUT2D eigenvalue weighted by molar-refractivity contribution is -0.274. The van der Waals surface area contributed by atoms with Gasteiger partial charge in [-0.25, -0.2) is 22.2 Å². The van der Waals surface area contributed by atoms with Crippen molar-refractivity contribution in [3.8, 4) is 5.75 Å². The minimum absolute atomic E-state index is 0.00869. The van der Waals surface area contributed by atoms with E-state index in [0.29, 0.717) is 21.0 Å². The van der Waals surface area contributed by atoms with E-state index < -0.39 is 40.0 Å². The van der Waals surface area contributed by atoms with Crippen LogP contribution in [-0.2, 0) is 27.3 Å². The monoisotopic (exact) mass is 690 g/mol. The molecule has 0 saturated carbocycles. The number of amides is 1. The first-order valence-corrected chi connectivity index (χ1v) is 16.0. The van der Waals surface area contributed by atoms with Gasteiger partial charge in [-0.2, -0.15) is 14.3 Å². The van der Waals surface area contributed by atoms with Crippen LogP contribution in [0.3, 0.4) is 0 Å². The van der Waals surface area contributed by atoms with Crippen LogP contribution < -0.4 is 15.0 Å². The van der Waals surface area contributed by atoms with Gasteiger partial charge in [0.25, 0.3) is 5.92 Å². The van der Waals surface area contributed by atoms with Crippen LogP contribution in [0.2, 0.25) is 5.28 Å². The molecule has 2 aromatic heterocycles. The summed E-state index contributed by atoms with van der Waals surface area (Å²) in [4.78, 5) is 27.4. The Balaban J connectivity index is 1.40. The van der Waals surface area contributed by atoms with Crippen LogP contribution in [0, 0.1) is 0 Å². The second kappa shape index (κ2) is 12.6. The molecule has 1 saturated heterocycles. The number of benzene rings is 2. The van der Waals surface area contributed by atoms with Gasteiger partial charge in [0.05, 0.1) is 15.8 Å². The third-order valence-corrected chi connectivity index (χ3v) is 10.1. The zero-order valence-electron chi connectivity index (χ0n) is 23.3. The maximum atomic E-state index is 14.0. The topological polar surface area (TPSA) is 118 Å². The number of ether oxygens (including phenoxy) is 1. The summed E-state index contributed by atoms with van der Waals surface area (Å²) in [5, 5.41) is 3.11. The number of rotatable bonds is 9. The van der Waals surface area contributed by atoms with Crippen molar-refractivity contribution in [3.63, 3.8) is 0 Å². The summed E-state index contributed by atoms with van der Waals surface area (Å²) in [6.45, 7) is 1.09. The third kappa shape index (κ3) is 7.43. The van der Waals surface area contributed by atoms with Gasteiger partial charge >= 0.3 is 6.36 Å². The van der Waals surface area contributed by atoms with E-state index in [1.54, 1.807) is 4.90 Å². The number of alkyl halides is 5. The van der Waals surface area contributed by atoms with Gasteiger partial charge in [-0.1, -0.05) is 42.5 Å². The van der Waals surface area contributed by atoms with Gasteiger partial charge in [0, 0.05) is 38.2 Å². The molecule has 3 heterocycles. The van der Waals surface area contributed by atoms with Crippen molar-refractivity contribution < 1.29 is 39.9 Å². The summed E-state index contributed by atoms with van der Waals surface area (Å²) in [6.07, 6.45) is -3.85. The van der Waals surface area contributed by atoms with Gasteiger partial charge in [0.15, 0.2) is 10.8 Å². The Morgan fingerprint density at radius 1 is 1.07 bits per heavy atom. The molecule has 1 atom stereocenters. The number of hydrogen-bond donors (Lipinski definition) is 1. The second-order valence-electron chi connectivity index (χ2n) is 9.89. The van der Waals surface area contributed by atoms with Gasteiger partial charge in [0.2, 0.25) is 21.2 Å². The Morgan fingerprint density at radius 3 is 2.40 bits per heavy atom. The zero-order chi connectivity index (χ0) is 32.6. The van der Waals surface area contributed by atoms with Gasteiger partial charge in [-0.05, 0) is 41.4 Å². The number of hydrogen-bond acceptors (Lipinski definition) is 9. The van der Waals surface area contributed by atoms with Crippen LogP contribution in [0.4, 0.5) is 27.1 Å². The molecule has 1 aliphatic heterocycles. The highest BCUT2D eigenvalue weighted by Gasteiger charge is 2.41. The van der Waals surface area contributed by atoms with Crippen molar-refractivity contribution in [1.82, 2.24) is 24.6 Å². The molecule has 5 rings (SSSR count). The van der Waals surface area contributed by atoms with Crippen LogP contribution in [0.25, 0.3) is 10.3 Å². The average molecular weight is 691 g/mol. The van der Waals surface area contributed by atoms with Gasteiger partial charge < -0.3 is 15.0 Å². The second-order valence-corrected chi connectivity index (χ2v) is 13.1. The number of nitrogens with zero attached hydrogens (tertiary/aromatic N) is 5. The van der Waals surface area contributed by atoms with Crippen LogP contribution in [0.1, 0.15) is 24.5 Å². The van der Waals surface area contributed by atoms with Crippen molar-refractivity contribution in [2.24, 2.45) is 0 Å². The van der Waals surface area contributed by atoms with E-state index in [2.05, 4.69) is 25.0 Å². The van der Waals surface area contributed by atoms with Gasteiger partial charge in [0.1, 0.15) is 11.8 Å². The smallest absolute Gasteiger partial charge is 0.406 e. The molecule has 0 spiro atoms. The number of aromatic nitrogens is 3. The van der Waals surface area contributed by atoms with Crippen LogP contribution in [-0.4, -0.2) is 65.6 Å². The first kappa shape index (κ1) is 32.7. The number of carbonyl (C=O) groups excluding carboxylic acids is 1. The normalized spacial score (nSPS) is 16.6. The molecular formula is C27H24ClF5N6O4S2. The van der Waals surface area contributed by atoms with Crippen LogP contribution in [0.5, 0.6) is 5.75 Å². The Labute approximate surface area is 262 Å². The van der Waals surface area contributed by atoms with E-state index in [0.717, 1.165) is 28.6 Å². The molecule has 2 aromatic carbocycles. The maximum absolute atomic E-state index is 14.0. The molecule has 4 aromatic rings.